The number of carbonyl (C=O) groups is 2. The number of carboxylic acid groups (broad SMARTS) is 1. The SMILES string of the molecule is NC(Cc1ccc(NC(=O)OCc2ccccc2)cc1)C(=O)O. The van der Waals surface area contributed by atoms with Gasteiger partial charge in [-0.25, -0.2) is 4.79 Å². The summed E-state index contributed by atoms with van der Waals surface area (Å²) in [7, 11) is 0. The molecule has 1 atom stereocenters. The highest BCUT2D eigenvalue weighted by atomic mass is 16.5. The number of nitrogens with one attached hydrogen (secondary N) is 1. The molecule has 0 saturated heterocycles. The van der Waals surface area contributed by atoms with Gasteiger partial charge >= 0.3 is 12.1 Å². The Morgan fingerprint density at radius 1 is 1.04 bits per heavy atom. The van der Waals surface area contributed by atoms with Crippen molar-refractivity contribution in [1.29, 1.82) is 0 Å². The molecule has 0 fully saturated rings. The lowest BCUT2D eigenvalue weighted by molar-refractivity contribution is -0.138. The van der Waals surface area contributed by atoms with Crippen molar-refractivity contribution in [3.8, 4) is 0 Å². The highest BCUT2D eigenvalue weighted by Gasteiger charge is 2.12. The molecule has 0 bridgehead atoms. The fourth-order valence-electron chi connectivity index (χ4n) is 1.94. The average Bonchev–Trinajstić information content (AvgIpc) is 2.55. The second kappa shape index (κ2) is 7.95. The van der Waals surface area contributed by atoms with E-state index in [1.54, 1.807) is 24.3 Å². The van der Waals surface area contributed by atoms with Gasteiger partial charge < -0.3 is 15.6 Å². The second-order valence-electron chi connectivity index (χ2n) is 5.03. The minimum atomic E-state index is -1.04. The first-order valence-electron chi connectivity index (χ1n) is 7.09. The molecule has 1 unspecified atom stereocenters. The first-order chi connectivity index (χ1) is 11.0. The zero-order valence-electron chi connectivity index (χ0n) is 12.4. The largest absolute Gasteiger partial charge is 0.480 e. The Morgan fingerprint density at radius 2 is 1.70 bits per heavy atom. The quantitative estimate of drug-likeness (QED) is 0.760. The number of hydrogen-bond donors (Lipinski definition) is 3. The van der Waals surface area contributed by atoms with E-state index in [1.807, 2.05) is 30.3 Å². The lowest BCUT2D eigenvalue weighted by atomic mass is 10.1. The third kappa shape index (κ3) is 5.44. The molecule has 0 radical (unpaired) electrons. The zero-order valence-corrected chi connectivity index (χ0v) is 12.4. The van der Waals surface area contributed by atoms with Crippen LogP contribution in [0.5, 0.6) is 0 Å². The molecule has 1 amide bonds. The van der Waals surface area contributed by atoms with Gasteiger partial charge in [0.25, 0.3) is 0 Å². The van der Waals surface area contributed by atoms with Crippen LogP contribution in [0.1, 0.15) is 11.1 Å². The molecule has 0 heterocycles. The molecule has 0 aromatic heterocycles. The van der Waals surface area contributed by atoms with Gasteiger partial charge in [-0.3, -0.25) is 10.1 Å². The van der Waals surface area contributed by atoms with E-state index in [-0.39, 0.29) is 13.0 Å². The normalized spacial score (nSPS) is 11.5. The summed E-state index contributed by atoms with van der Waals surface area (Å²) in [6.07, 6.45) is -0.322. The van der Waals surface area contributed by atoms with Crippen LogP contribution in [0.15, 0.2) is 54.6 Å². The van der Waals surface area contributed by atoms with Gasteiger partial charge in [0.1, 0.15) is 12.6 Å². The molecular weight excluding hydrogens is 296 g/mol. The van der Waals surface area contributed by atoms with Crippen LogP contribution >= 0.6 is 0 Å². The summed E-state index contributed by atoms with van der Waals surface area (Å²) >= 11 is 0. The van der Waals surface area contributed by atoms with Crippen LogP contribution in [-0.2, 0) is 22.6 Å². The molecule has 0 spiro atoms. The highest BCUT2D eigenvalue weighted by molar-refractivity contribution is 5.84. The number of aliphatic carboxylic acids is 1. The van der Waals surface area contributed by atoms with Crippen LogP contribution < -0.4 is 11.1 Å². The summed E-state index contributed by atoms with van der Waals surface area (Å²) in [6.45, 7) is 0.193. The molecule has 2 aromatic rings. The molecule has 0 aliphatic heterocycles. The predicted molar refractivity (Wildman–Crippen MR) is 86.0 cm³/mol. The third-order valence-electron chi connectivity index (χ3n) is 3.19. The van der Waals surface area contributed by atoms with E-state index in [0.717, 1.165) is 11.1 Å². The van der Waals surface area contributed by atoms with Crippen molar-refractivity contribution >= 4 is 17.7 Å². The van der Waals surface area contributed by atoms with Gasteiger partial charge in [0.05, 0.1) is 0 Å². The van der Waals surface area contributed by atoms with E-state index >= 15 is 0 Å². The highest BCUT2D eigenvalue weighted by Crippen LogP contribution is 2.12. The Labute approximate surface area is 133 Å². The maximum Gasteiger partial charge on any atom is 0.411 e. The zero-order chi connectivity index (χ0) is 16.7. The standard InChI is InChI=1S/C17H18N2O4/c18-15(16(20)21)10-12-6-8-14(9-7-12)19-17(22)23-11-13-4-2-1-3-5-13/h1-9,15H,10-11,18H2,(H,19,22)(H,20,21). The van der Waals surface area contributed by atoms with E-state index in [1.165, 1.54) is 0 Å². The molecule has 120 valence electrons. The maximum absolute atomic E-state index is 11.7. The minimum Gasteiger partial charge on any atom is -0.480 e. The molecular formula is C17H18N2O4. The Morgan fingerprint density at radius 3 is 2.30 bits per heavy atom. The summed E-state index contributed by atoms with van der Waals surface area (Å²) in [5, 5.41) is 11.4. The van der Waals surface area contributed by atoms with E-state index < -0.39 is 18.1 Å². The maximum atomic E-state index is 11.7. The summed E-state index contributed by atoms with van der Waals surface area (Å²) in [5.41, 5.74) is 7.72. The van der Waals surface area contributed by atoms with Crippen molar-refractivity contribution in [1.82, 2.24) is 0 Å². The summed E-state index contributed by atoms with van der Waals surface area (Å²) < 4.78 is 5.11. The van der Waals surface area contributed by atoms with Crippen molar-refractivity contribution < 1.29 is 19.4 Å². The molecule has 4 N–H and O–H groups in total. The smallest absolute Gasteiger partial charge is 0.411 e. The number of ether oxygens (including phenoxy) is 1. The number of hydrogen-bond acceptors (Lipinski definition) is 4. The minimum absolute atomic E-state index is 0.193. The molecule has 0 aliphatic carbocycles. The lowest BCUT2D eigenvalue weighted by Gasteiger charge is -2.09. The van der Waals surface area contributed by atoms with Crippen LogP contribution in [0.2, 0.25) is 0 Å². The van der Waals surface area contributed by atoms with Gasteiger partial charge in [-0.05, 0) is 29.7 Å². The fourth-order valence-corrected chi connectivity index (χ4v) is 1.94. The van der Waals surface area contributed by atoms with E-state index in [9.17, 15) is 9.59 Å². The van der Waals surface area contributed by atoms with Crippen LogP contribution in [0, 0.1) is 0 Å². The van der Waals surface area contributed by atoms with Crippen LogP contribution in [0.25, 0.3) is 0 Å². The monoisotopic (exact) mass is 314 g/mol. The van der Waals surface area contributed by atoms with Crippen LogP contribution in [0.4, 0.5) is 10.5 Å². The average molecular weight is 314 g/mol. The van der Waals surface area contributed by atoms with Gasteiger partial charge in [0.2, 0.25) is 0 Å². The second-order valence-corrected chi connectivity index (χ2v) is 5.03. The van der Waals surface area contributed by atoms with Gasteiger partial charge in [-0.1, -0.05) is 42.5 Å². The predicted octanol–water partition coefficient (Wildman–Crippen LogP) is 2.39. The Kier molecular flexibility index (Phi) is 5.71. The van der Waals surface area contributed by atoms with Crippen LogP contribution in [-0.4, -0.2) is 23.2 Å². The Bertz CT molecular complexity index is 656. The number of carbonyl (C=O) groups excluding carboxylic acids is 1. The number of amides is 1. The molecule has 2 aromatic carbocycles. The Balaban J connectivity index is 1.83. The first kappa shape index (κ1) is 16.5. The van der Waals surface area contributed by atoms with Crippen molar-refractivity contribution in [2.45, 2.75) is 19.1 Å². The number of anilines is 1. The third-order valence-corrected chi connectivity index (χ3v) is 3.19. The van der Waals surface area contributed by atoms with Gasteiger partial charge in [0.15, 0.2) is 0 Å². The van der Waals surface area contributed by atoms with Crippen molar-refractivity contribution in [2.24, 2.45) is 5.73 Å². The molecule has 0 saturated carbocycles. The molecule has 23 heavy (non-hydrogen) atoms. The number of nitrogens with two attached hydrogens (primary N) is 1. The number of carboxylic acids is 1. The number of benzene rings is 2. The van der Waals surface area contributed by atoms with E-state index in [2.05, 4.69) is 5.32 Å². The summed E-state index contributed by atoms with van der Waals surface area (Å²) in [5.74, 6) is -1.04. The molecule has 6 heteroatoms. The summed E-state index contributed by atoms with van der Waals surface area (Å²) in [4.78, 5) is 22.4. The summed E-state index contributed by atoms with van der Waals surface area (Å²) in [6, 6.07) is 15.2. The topological polar surface area (TPSA) is 102 Å². The van der Waals surface area contributed by atoms with Gasteiger partial charge in [0, 0.05) is 5.69 Å². The fraction of sp³-hybridized carbons (Fsp3) is 0.176. The number of rotatable bonds is 6. The molecule has 6 nitrogen and oxygen atoms in total. The Hall–Kier alpha value is -2.86. The van der Waals surface area contributed by atoms with E-state index in [0.29, 0.717) is 5.69 Å². The van der Waals surface area contributed by atoms with Crippen molar-refractivity contribution in [2.75, 3.05) is 5.32 Å². The molecule has 0 aliphatic rings. The van der Waals surface area contributed by atoms with Crippen LogP contribution in [0.3, 0.4) is 0 Å². The molecule has 2 rings (SSSR count). The lowest BCUT2D eigenvalue weighted by Crippen LogP contribution is -2.32. The van der Waals surface area contributed by atoms with Crippen molar-refractivity contribution in [3.63, 3.8) is 0 Å². The van der Waals surface area contributed by atoms with Gasteiger partial charge in [-0.2, -0.15) is 0 Å². The van der Waals surface area contributed by atoms with Crippen molar-refractivity contribution in [3.05, 3.63) is 65.7 Å². The van der Waals surface area contributed by atoms with Gasteiger partial charge in [-0.15, -0.1) is 0 Å². The first-order valence-corrected chi connectivity index (χ1v) is 7.09. The van der Waals surface area contributed by atoms with E-state index in [4.69, 9.17) is 15.6 Å².